The van der Waals surface area contributed by atoms with Crippen LogP contribution >= 0.6 is 0 Å². The number of carbonyl (C=O) groups excluding carboxylic acids is 1. The molecule has 0 radical (unpaired) electrons. The third kappa shape index (κ3) is 2.34. The van der Waals surface area contributed by atoms with Gasteiger partial charge >= 0.3 is 0 Å². The van der Waals surface area contributed by atoms with Gasteiger partial charge < -0.3 is 11.5 Å². The van der Waals surface area contributed by atoms with Crippen molar-refractivity contribution >= 4 is 5.91 Å². The van der Waals surface area contributed by atoms with Crippen LogP contribution in [-0.4, -0.2) is 11.9 Å². The zero-order chi connectivity index (χ0) is 9.14. The second-order valence-electron chi connectivity index (χ2n) is 3.60. The molecule has 0 unspecified atom stereocenters. The van der Waals surface area contributed by atoms with E-state index in [4.69, 9.17) is 11.5 Å². The molecule has 12 heavy (non-hydrogen) atoms. The van der Waals surface area contributed by atoms with Crippen molar-refractivity contribution in [3.63, 3.8) is 0 Å². The van der Waals surface area contributed by atoms with E-state index in [1.807, 2.05) is 0 Å². The Kier molecular flexibility index (Phi) is 2.87. The van der Waals surface area contributed by atoms with Gasteiger partial charge in [-0.05, 0) is 32.1 Å². The lowest BCUT2D eigenvalue weighted by molar-refractivity contribution is -0.119. The largest absolute Gasteiger partial charge is 0.368 e. The second kappa shape index (κ2) is 3.72. The molecule has 0 bridgehead atoms. The molecule has 0 saturated carbocycles. The number of carbonyl (C=O) groups is 1. The van der Waals surface area contributed by atoms with Gasteiger partial charge in [-0.3, -0.25) is 4.79 Å². The molecule has 3 nitrogen and oxygen atoms in total. The van der Waals surface area contributed by atoms with E-state index in [0.29, 0.717) is 5.92 Å². The first kappa shape index (κ1) is 9.26. The molecule has 0 fully saturated rings. The second-order valence-corrected chi connectivity index (χ2v) is 3.60. The van der Waals surface area contributed by atoms with Crippen LogP contribution in [0, 0.1) is 5.92 Å². The van der Waals surface area contributed by atoms with E-state index in [1.165, 1.54) is 5.57 Å². The maximum atomic E-state index is 10.6. The third-order valence-corrected chi connectivity index (χ3v) is 2.36. The molecule has 0 aromatic carbocycles. The molecule has 2 atom stereocenters. The molecule has 0 aromatic heterocycles. The first-order valence-electron chi connectivity index (χ1n) is 4.30. The number of primary amides is 1. The van der Waals surface area contributed by atoms with Crippen LogP contribution in [0.5, 0.6) is 0 Å². The average Bonchev–Trinajstić information content (AvgIpc) is 2.35. The van der Waals surface area contributed by atoms with Crippen LogP contribution in [0.25, 0.3) is 0 Å². The van der Waals surface area contributed by atoms with Crippen LogP contribution in [-0.2, 0) is 4.79 Å². The topological polar surface area (TPSA) is 69.1 Å². The van der Waals surface area contributed by atoms with Crippen molar-refractivity contribution in [2.45, 2.75) is 32.2 Å². The summed E-state index contributed by atoms with van der Waals surface area (Å²) in [7, 11) is 0. The molecule has 0 aromatic rings. The molecule has 1 rings (SSSR count). The Bertz CT molecular complexity index is 211. The molecule has 1 amide bonds. The summed E-state index contributed by atoms with van der Waals surface area (Å²) in [5.41, 5.74) is 12.0. The normalized spacial score (nSPS) is 25.2. The van der Waals surface area contributed by atoms with Crippen LogP contribution in [0.2, 0.25) is 0 Å². The molecule has 1 aliphatic carbocycles. The van der Waals surface area contributed by atoms with Crippen LogP contribution in [0.15, 0.2) is 11.6 Å². The van der Waals surface area contributed by atoms with Gasteiger partial charge in [0.2, 0.25) is 5.91 Å². The van der Waals surface area contributed by atoms with Crippen molar-refractivity contribution in [2.24, 2.45) is 17.4 Å². The monoisotopic (exact) mass is 168 g/mol. The molecule has 0 saturated heterocycles. The van der Waals surface area contributed by atoms with Crippen LogP contribution in [0.1, 0.15) is 26.2 Å². The Hall–Kier alpha value is -0.830. The summed E-state index contributed by atoms with van der Waals surface area (Å²) >= 11 is 0. The Morgan fingerprint density at radius 2 is 2.50 bits per heavy atom. The fourth-order valence-corrected chi connectivity index (χ4v) is 1.64. The van der Waals surface area contributed by atoms with E-state index < -0.39 is 6.04 Å². The highest BCUT2D eigenvalue weighted by molar-refractivity contribution is 5.79. The Balaban J connectivity index is 2.30. The minimum Gasteiger partial charge on any atom is -0.368 e. The van der Waals surface area contributed by atoms with Gasteiger partial charge in [-0.2, -0.15) is 0 Å². The maximum Gasteiger partial charge on any atom is 0.234 e. The van der Waals surface area contributed by atoms with Gasteiger partial charge in [0.15, 0.2) is 0 Å². The zero-order valence-electron chi connectivity index (χ0n) is 7.42. The lowest BCUT2D eigenvalue weighted by Crippen LogP contribution is -2.37. The highest BCUT2D eigenvalue weighted by Crippen LogP contribution is 2.27. The van der Waals surface area contributed by atoms with Crippen LogP contribution in [0.4, 0.5) is 0 Å². The SMILES string of the molecule is CC1=CC[C@@H](C[C@@H](N)C(N)=O)C1. The van der Waals surface area contributed by atoms with Crippen molar-refractivity contribution in [2.75, 3.05) is 0 Å². The van der Waals surface area contributed by atoms with E-state index in [-0.39, 0.29) is 5.91 Å². The molecular weight excluding hydrogens is 152 g/mol. The fourth-order valence-electron chi connectivity index (χ4n) is 1.64. The molecule has 4 N–H and O–H groups in total. The molecule has 0 heterocycles. The van der Waals surface area contributed by atoms with Gasteiger partial charge in [-0.15, -0.1) is 0 Å². The molecule has 0 spiro atoms. The Morgan fingerprint density at radius 1 is 1.83 bits per heavy atom. The number of hydrogen-bond acceptors (Lipinski definition) is 2. The van der Waals surface area contributed by atoms with Crippen molar-refractivity contribution in [1.82, 2.24) is 0 Å². The Morgan fingerprint density at radius 3 is 2.92 bits per heavy atom. The summed E-state index contributed by atoms with van der Waals surface area (Å²) < 4.78 is 0. The smallest absolute Gasteiger partial charge is 0.234 e. The summed E-state index contributed by atoms with van der Waals surface area (Å²) in [5.74, 6) is 0.145. The molecule has 0 aliphatic heterocycles. The maximum absolute atomic E-state index is 10.6. The quantitative estimate of drug-likeness (QED) is 0.604. The van der Waals surface area contributed by atoms with Gasteiger partial charge in [0, 0.05) is 0 Å². The van der Waals surface area contributed by atoms with Crippen LogP contribution < -0.4 is 11.5 Å². The van der Waals surface area contributed by atoms with E-state index in [1.54, 1.807) is 0 Å². The van der Waals surface area contributed by atoms with Crippen molar-refractivity contribution in [1.29, 1.82) is 0 Å². The number of amides is 1. The van der Waals surface area contributed by atoms with Gasteiger partial charge in [-0.25, -0.2) is 0 Å². The Labute approximate surface area is 72.8 Å². The summed E-state index contributed by atoms with van der Waals surface area (Å²) in [5, 5.41) is 0. The molecule has 3 heteroatoms. The summed E-state index contributed by atoms with van der Waals surface area (Å²) in [4.78, 5) is 10.6. The summed E-state index contributed by atoms with van der Waals surface area (Å²) in [6, 6.07) is -0.464. The van der Waals surface area contributed by atoms with Crippen molar-refractivity contribution in [3.05, 3.63) is 11.6 Å². The highest BCUT2D eigenvalue weighted by atomic mass is 16.1. The average molecular weight is 168 g/mol. The lowest BCUT2D eigenvalue weighted by atomic mass is 9.97. The van der Waals surface area contributed by atoms with Gasteiger partial charge in [0.05, 0.1) is 6.04 Å². The predicted molar refractivity (Wildman–Crippen MR) is 48.3 cm³/mol. The summed E-state index contributed by atoms with van der Waals surface area (Å²) in [6.45, 7) is 2.11. The highest BCUT2D eigenvalue weighted by Gasteiger charge is 2.19. The standard InChI is InChI=1S/C9H16N2O/c1-6-2-3-7(4-6)5-8(10)9(11)12/h2,7-8H,3-5,10H2,1H3,(H2,11,12)/t7-,8-/m1/s1. The number of rotatable bonds is 3. The van der Waals surface area contributed by atoms with Crippen molar-refractivity contribution in [3.8, 4) is 0 Å². The van der Waals surface area contributed by atoms with E-state index in [0.717, 1.165) is 19.3 Å². The molecule has 68 valence electrons. The van der Waals surface area contributed by atoms with E-state index in [9.17, 15) is 4.79 Å². The van der Waals surface area contributed by atoms with Gasteiger partial charge in [0.1, 0.15) is 0 Å². The van der Waals surface area contributed by atoms with Gasteiger partial charge in [-0.1, -0.05) is 11.6 Å². The number of hydrogen-bond donors (Lipinski definition) is 2. The van der Waals surface area contributed by atoms with E-state index >= 15 is 0 Å². The minimum absolute atomic E-state index is 0.389. The zero-order valence-corrected chi connectivity index (χ0v) is 7.42. The minimum atomic E-state index is -0.464. The first-order valence-corrected chi connectivity index (χ1v) is 4.30. The van der Waals surface area contributed by atoms with E-state index in [2.05, 4.69) is 13.0 Å². The van der Waals surface area contributed by atoms with Crippen molar-refractivity contribution < 1.29 is 4.79 Å². The molecular formula is C9H16N2O. The number of nitrogens with two attached hydrogens (primary N) is 2. The predicted octanol–water partition coefficient (Wildman–Crippen LogP) is 0.545. The third-order valence-electron chi connectivity index (χ3n) is 2.36. The summed E-state index contributed by atoms with van der Waals surface area (Å²) in [6.07, 6.45) is 5.05. The molecule has 1 aliphatic rings. The lowest BCUT2D eigenvalue weighted by Gasteiger charge is -2.13. The van der Waals surface area contributed by atoms with Crippen LogP contribution in [0.3, 0.4) is 0 Å². The van der Waals surface area contributed by atoms with Gasteiger partial charge in [0.25, 0.3) is 0 Å². The number of allylic oxidation sites excluding steroid dienone is 2. The first-order chi connectivity index (χ1) is 5.59. The fraction of sp³-hybridized carbons (Fsp3) is 0.667.